The van der Waals surface area contributed by atoms with Crippen LogP contribution in [0.15, 0.2) is 71.5 Å². The number of carbonyl (C=O) groups excluding carboxylic acids is 2. The normalized spacial score (nSPS) is 19.4. The third-order valence-corrected chi connectivity index (χ3v) is 10.0. The highest BCUT2D eigenvalue weighted by Crippen LogP contribution is 2.42. The van der Waals surface area contributed by atoms with Crippen molar-refractivity contribution < 1.29 is 28.2 Å². The first-order valence-corrected chi connectivity index (χ1v) is 16.5. The van der Waals surface area contributed by atoms with Crippen LogP contribution in [0.25, 0.3) is 0 Å². The molecule has 2 bridgehead atoms. The van der Waals surface area contributed by atoms with Gasteiger partial charge >= 0.3 is 0 Å². The van der Waals surface area contributed by atoms with E-state index in [0.29, 0.717) is 66.7 Å². The predicted molar refractivity (Wildman–Crippen MR) is 185 cm³/mol. The van der Waals surface area contributed by atoms with Gasteiger partial charge in [-0.15, -0.1) is 0 Å². The molecule has 254 valence electrons. The topological polar surface area (TPSA) is 102 Å². The molecule has 11 heteroatoms. The summed E-state index contributed by atoms with van der Waals surface area (Å²) in [5, 5.41) is 3.09. The number of pyridine rings is 1. The molecule has 0 saturated carbocycles. The third-order valence-electron chi connectivity index (χ3n) is 10.0. The van der Waals surface area contributed by atoms with Gasteiger partial charge in [0.05, 0.1) is 32.7 Å². The summed E-state index contributed by atoms with van der Waals surface area (Å²) in [7, 11) is 4.47. The summed E-state index contributed by atoms with van der Waals surface area (Å²) < 4.78 is 32.4. The zero-order valence-corrected chi connectivity index (χ0v) is 28.0. The maximum Gasteiger partial charge on any atom is 0.258 e. The first-order chi connectivity index (χ1) is 23.7. The lowest BCUT2D eigenvalue weighted by Crippen LogP contribution is -2.47. The lowest BCUT2D eigenvalue weighted by atomic mass is 9.83. The summed E-state index contributed by atoms with van der Waals surface area (Å²) in [6, 6.07) is 18.4. The molecule has 0 radical (unpaired) electrons. The Morgan fingerprint density at radius 1 is 0.857 bits per heavy atom. The molecule has 1 saturated heterocycles. The molecule has 4 aromatic rings. The Morgan fingerprint density at radius 3 is 2.35 bits per heavy atom. The number of hydrogen-bond donors (Lipinski definition) is 1. The SMILES string of the molecule is COc1cc(C(=O)Nc2cc(C(=O)N3c4ccc(F)cc4CC[C@@H]3C)ccc2N2C[C@H]3C[C@@H](C2)c2cccc(=O)n2C3)cc(OC)c1OC. The Labute approximate surface area is 284 Å². The monoisotopic (exact) mass is 666 g/mol. The Kier molecular flexibility index (Phi) is 8.52. The van der Waals surface area contributed by atoms with E-state index in [1.165, 1.54) is 33.5 Å². The highest BCUT2D eigenvalue weighted by molar-refractivity contribution is 6.11. The first kappa shape index (κ1) is 32.2. The van der Waals surface area contributed by atoms with Gasteiger partial charge in [-0.2, -0.15) is 0 Å². The maximum atomic E-state index is 14.2. The number of nitrogens with zero attached hydrogens (tertiary/aromatic N) is 3. The number of ether oxygens (including phenoxy) is 3. The van der Waals surface area contributed by atoms with Gasteiger partial charge in [0.25, 0.3) is 17.4 Å². The predicted octanol–water partition coefficient (Wildman–Crippen LogP) is 5.87. The fraction of sp³-hybridized carbons (Fsp3) is 0.342. The van der Waals surface area contributed by atoms with E-state index in [2.05, 4.69) is 10.2 Å². The van der Waals surface area contributed by atoms with E-state index < -0.39 is 5.91 Å². The van der Waals surface area contributed by atoms with E-state index in [1.54, 1.807) is 41.3 Å². The van der Waals surface area contributed by atoms with Crippen LogP contribution in [0.4, 0.5) is 21.5 Å². The minimum Gasteiger partial charge on any atom is -0.493 e. The largest absolute Gasteiger partial charge is 0.493 e. The number of nitrogens with one attached hydrogen (secondary N) is 1. The molecule has 4 heterocycles. The summed E-state index contributed by atoms with van der Waals surface area (Å²) >= 11 is 0. The number of fused-ring (bicyclic) bond motifs is 5. The average molecular weight is 667 g/mol. The summed E-state index contributed by atoms with van der Waals surface area (Å²) in [5.41, 5.74) is 4.42. The lowest BCUT2D eigenvalue weighted by Gasteiger charge is -2.44. The number of rotatable bonds is 7. The van der Waals surface area contributed by atoms with Gasteiger partial charge in [-0.1, -0.05) is 6.07 Å². The molecule has 3 aromatic carbocycles. The van der Waals surface area contributed by atoms with E-state index in [4.69, 9.17) is 14.2 Å². The van der Waals surface area contributed by atoms with Crippen LogP contribution >= 0.6 is 0 Å². The quantitative estimate of drug-likeness (QED) is 0.263. The molecule has 1 fully saturated rings. The van der Waals surface area contributed by atoms with Crippen LogP contribution in [0.3, 0.4) is 0 Å². The lowest BCUT2D eigenvalue weighted by molar-refractivity contribution is 0.0973. The van der Waals surface area contributed by atoms with Crippen molar-refractivity contribution in [1.82, 2.24) is 4.57 Å². The van der Waals surface area contributed by atoms with Crippen LogP contribution in [0.2, 0.25) is 0 Å². The Morgan fingerprint density at radius 2 is 1.61 bits per heavy atom. The van der Waals surface area contributed by atoms with E-state index >= 15 is 0 Å². The van der Waals surface area contributed by atoms with Gasteiger partial charge < -0.3 is 33.9 Å². The fourth-order valence-corrected chi connectivity index (χ4v) is 7.71. The minimum atomic E-state index is -0.425. The van der Waals surface area contributed by atoms with Gasteiger partial charge in [0.2, 0.25) is 5.75 Å². The summed E-state index contributed by atoms with van der Waals surface area (Å²) in [6.07, 6.45) is 2.35. The van der Waals surface area contributed by atoms with E-state index in [9.17, 15) is 18.8 Å². The second-order valence-electron chi connectivity index (χ2n) is 13.0. The van der Waals surface area contributed by atoms with Crippen molar-refractivity contribution in [2.45, 2.75) is 44.7 Å². The van der Waals surface area contributed by atoms with Crippen molar-refractivity contribution in [3.8, 4) is 17.2 Å². The van der Waals surface area contributed by atoms with Crippen LogP contribution in [0.5, 0.6) is 17.2 Å². The molecule has 3 aliphatic heterocycles. The molecule has 10 nitrogen and oxygen atoms in total. The van der Waals surface area contributed by atoms with Crippen molar-refractivity contribution in [1.29, 1.82) is 0 Å². The number of piperidine rings is 1. The molecule has 0 spiro atoms. The van der Waals surface area contributed by atoms with Crippen molar-refractivity contribution in [3.63, 3.8) is 0 Å². The Hall–Kier alpha value is -5.32. The van der Waals surface area contributed by atoms with Crippen LogP contribution < -0.4 is 34.9 Å². The standard InChI is InChI=1S/C38H39FN4O6/c1-22-8-9-24-15-28(39)11-13-31(24)43(22)38(46)25-10-12-32(41-19-23-14-27(21-41)30-6-5-7-35(44)42(30)20-23)29(16-25)40-37(45)26-17-33(47-2)36(49-4)34(18-26)48-3/h5-7,10-13,15-18,22-23,27H,8-9,14,19-21H2,1-4H3,(H,40,45)/t22-,23+,27-/m0/s1. The van der Waals surface area contributed by atoms with Crippen molar-refractivity contribution >= 4 is 28.9 Å². The average Bonchev–Trinajstić information content (AvgIpc) is 3.11. The van der Waals surface area contributed by atoms with Gasteiger partial charge in [0.1, 0.15) is 5.82 Å². The van der Waals surface area contributed by atoms with Crippen LogP contribution in [0.1, 0.15) is 57.7 Å². The third kappa shape index (κ3) is 5.87. The fourth-order valence-electron chi connectivity index (χ4n) is 7.71. The van der Waals surface area contributed by atoms with Crippen LogP contribution in [-0.4, -0.2) is 56.8 Å². The van der Waals surface area contributed by atoms with Gasteiger partial charge in [-0.25, -0.2) is 4.39 Å². The van der Waals surface area contributed by atoms with Crippen LogP contribution in [0, 0.1) is 11.7 Å². The molecular formula is C38H39FN4O6. The molecule has 1 N–H and O–H groups in total. The zero-order valence-electron chi connectivity index (χ0n) is 28.0. The number of aromatic nitrogens is 1. The molecule has 7 rings (SSSR count). The second kappa shape index (κ2) is 12.9. The zero-order chi connectivity index (χ0) is 34.4. The highest BCUT2D eigenvalue weighted by Gasteiger charge is 2.36. The molecule has 2 amide bonds. The summed E-state index contributed by atoms with van der Waals surface area (Å²) in [5.74, 6) is 0.409. The van der Waals surface area contributed by atoms with Crippen molar-refractivity contribution in [2.75, 3.05) is 49.5 Å². The molecular weight excluding hydrogens is 627 g/mol. The number of anilines is 3. The highest BCUT2D eigenvalue weighted by atomic mass is 19.1. The number of halogens is 1. The molecule has 0 unspecified atom stereocenters. The van der Waals surface area contributed by atoms with Crippen molar-refractivity contribution in [2.24, 2.45) is 5.92 Å². The number of carbonyl (C=O) groups is 2. The Bertz CT molecular complexity index is 1990. The van der Waals surface area contributed by atoms with E-state index in [-0.39, 0.29) is 40.7 Å². The second-order valence-corrected chi connectivity index (χ2v) is 13.0. The first-order valence-electron chi connectivity index (χ1n) is 16.5. The number of benzene rings is 3. The maximum absolute atomic E-state index is 14.2. The summed E-state index contributed by atoms with van der Waals surface area (Å²) in [4.78, 5) is 44.8. The van der Waals surface area contributed by atoms with E-state index in [0.717, 1.165) is 23.4 Å². The van der Waals surface area contributed by atoms with Gasteiger partial charge in [-0.3, -0.25) is 14.4 Å². The van der Waals surface area contributed by atoms with Gasteiger partial charge in [-0.05, 0) is 92.3 Å². The number of hydrogen-bond acceptors (Lipinski definition) is 7. The molecule has 49 heavy (non-hydrogen) atoms. The van der Waals surface area contributed by atoms with Gasteiger partial charge in [0.15, 0.2) is 11.5 Å². The molecule has 3 atom stereocenters. The Balaban J connectivity index is 1.28. The molecule has 1 aromatic heterocycles. The van der Waals surface area contributed by atoms with Crippen LogP contribution in [-0.2, 0) is 13.0 Å². The molecule has 3 aliphatic rings. The smallest absolute Gasteiger partial charge is 0.258 e. The number of methoxy groups -OCH3 is 3. The number of amides is 2. The number of aryl methyl sites for hydroxylation is 1. The minimum absolute atomic E-state index is 0.0121. The summed E-state index contributed by atoms with van der Waals surface area (Å²) in [6.45, 7) is 3.93. The van der Waals surface area contributed by atoms with Crippen molar-refractivity contribution in [3.05, 3.63) is 105 Å². The van der Waals surface area contributed by atoms with Gasteiger partial charge in [0, 0.05) is 60.2 Å². The van der Waals surface area contributed by atoms with E-state index in [1.807, 2.05) is 29.7 Å². The molecule has 0 aliphatic carbocycles.